The van der Waals surface area contributed by atoms with Gasteiger partial charge in [-0.05, 0) is 35.9 Å². The number of carbonyl (C=O) groups excluding carboxylic acids is 1. The summed E-state index contributed by atoms with van der Waals surface area (Å²) < 4.78 is 5.69. The Hall–Kier alpha value is -3.00. The summed E-state index contributed by atoms with van der Waals surface area (Å²) in [6, 6.07) is 14.1. The first-order chi connectivity index (χ1) is 10.1. The largest absolute Gasteiger partial charge is 0.455 e. The van der Waals surface area contributed by atoms with Crippen LogP contribution in [0.3, 0.4) is 0 Å². The molecule has 106 valence electrons. The minimum absolute atomic E-state index is 0.204. The smallest absolute Gasteiger partial charge is 0.251 e. The molecular weight excluding hydrogens is 266 g/mol. The molecule has 0 spiro atoms. The van der Waals surface area contributed by atoms with Crippen molar-refractivity contribution in [2.75, 3.05) is 12.8 Å². The Morgan fingerprint density at radius 2 is 2.00 bits per heavy atom. The summed E-state index contributed by atoms with van der Waals surface area (Å²) in [5, 5.41) is 11.2. The lowest BCUT2D eigenvalue weighted by atomic mass is 10.1. The Balaban J connectivity index is 2.22. The van der Waals surface area contributed by atoms with E-state index in [1.807, 2.05) is 12.1 Å². The number of rotatable bonds is 4. The third kappa shape index (κ3) is 3.51. The van der Waals surface area contributed by atoms with Crippen LogP contribution in [0.5, 0.6) is 11.5 Å². The van der Waals surface area contributed by atoms with Crippen LogP contribution in [0.15, 0.2) is 42.5 Å². The fourth-order valence-corrected chi connectivity index (χ4v) is 1.80. The molecule has 0 aliphatic heterocycles. The zero-order valence-electron chi connectivity index (χ0n) is 11.6. The van der Waals surface area contributed by atoms with Gasteiger partial charge in [0.05, 0.1) is 18.2 Å². The number of hydrogen-bond acceptors (Lipinski definition) is 4. The highest BCUT2D eigenvalue weighted by Crippen LogP contribution is 2.28. The Morgan fingerprint density at radius 1 is 1.29 bits per heavy atom. The lowest BCUT2D eigenvalue weighted by Crippen LogP contribution is -2.17. The molecule has 3 N–H and O–H groups in total. The van der Waals surface area contributed by atoms with Gasteiger partial charge in [-0.25, -0.2) is 0 Å². The Bertz CT molecular complexity index is 688. The van der Waals surface area contributed by atoms with Crippen LogP contribution in [0.4, 0.5) is 5.69 Å². The highest BCUT2D eigenvalue weighted by atomic mass is 16.5. The summed E-state index contributed by atoms with van der Waals surface area (Å²) in [6.45, 7) is 0. The second kappa shape index (κ2) is 6.44. The van der Waals surface area contributed by atoms with Crippen LogP contribution < -0.4 is 15.8 Å². The third-order valence-electron chi connectivity index (χ3n) is 2.94. The minimum atomic E-state index is -0.204. The number of anilines is 1. The average Bonchev–Trinajstić information content (AvgIpc) is 2.51. The first-order valence-corrected chi connectivity index (χ1v) is 6.39. The number of amides is 1. The SMILES string of the molecule is CNC(=O)c1ccc(N)c(Oc2ccc(CC#N)cc2)c1. The molecule has 0 saturated carbocycles. The van der Waals surface area contributed by atoms with E-state index in [0.29, 0.717) is 29.2 Å². The monoisotopic (exact) mass is 281 g/mol. The molecule has 21 heavy (non-hydrogen) atoms. The van der Waals surface area contributed by atoms with E-state index in [-0.39, 0.29) is 5.91 Å². The van der Waals surface area contributed by atoms with Crippen molar-refractivity contribution in [1.82, 2.24) is 5.32 Å². The van der Waals surface area contributed by atoms with E-state index in [0.717, 1.165) is 5.56 Å². The normalized spacial score (nSPS) is 9.71. The molecule has 0 atom stereocenters. The van der Waals surface area contributed by atoms with E-state index >= 15 is 0 Å². The van der Waals surface area contributed by atoms with Crippen molar-refractivity contribution in [3.8, 4) is 17.6 Å². The summed E-state index contributed by atoms with van der Waals surface area (Å²) in [7, 11) is 1.56. The van der Waals surface area contributed by atoms with E-state index in [1.54, 1.807) is 37.4 Å². The summed E-state index contributed by atoms with van der Waals surface area (Å²) in [6.07, 6.45) is 0.356. The zero-order valence-corrected chi connectivity index (χ0v) is 11.6. The van der Waals surface area contributed by atoms with Crippen LogP contribution in [0.25, 0.3) is 0 Å². The number of ether oxygens (including phenoxy) is 1. The number of nitrogens with two attached hydrogens (primary N) is 1. The summed E-state index contributed by atoms with van der Waals surface area (Å²) in [5.74, 6) is 0.811. The van der Waals surface area contributed by atoms with Crippen LogP contribution in [0.1, 0.15) is 15.9 Å². The standard InChI is InChI=1S/C16H15N3O2/c1-19-16(20)12-4-7-14(18)15(10-12)21-13-5-2-11(3-6-13)8-9-17/h2-7,10H,8,18H2,1H3,(H,19,20). The van der Waals surface area contributed by atoms with Gasteiger partial charge in [-0.15, -0.1) is 0 Å². The fourth-order valence-electron chi connectivity index (χ4n) is 1.80. The maximum Gasteiger partial charge on any atom is 0.251 e. The molecule has 2 rings (SSSR count). The second-order valence-corrected chi connectivity index (χ2v) is 4.41. The quantitative estimate of drug-likeness (QED) is 0.843. The van der Waals surface area contributed by atoms with Gasteiger partial charge in [0.25, 0.3) is 5.91 Å². The Labute approximate surface area is 123 Å². The molecule has 5 nitrogen and oxygen atoms in total. The predicted molar refractivity (Wildman–Crippen MR) is 80.1 cm³/mol. The van der Waals surface area contributed by atoms with Crippen molar-refractivity contribution >= 4 is 11.6 Å². The average molecular weight is 281 g/mol. The number of hydrogen-bond donors (Lipinski definition) is 2. The number of nitrogen functional groups attached to an aromatic ring is 1. The van der Waals surface area contributed by atoms with Gasteiger partial charge >= 0.3 is 0 Å². The van der Waals surface area contributed by atoms with E-state index in [2.05, 4.69) is 11.4 Å². The highest BCUT2D eigenvalue weighted by Gasteiger charge is 2.08. The molecule has 0 saturated heterocycles. The molecular formula is C16H15N3O2. The molecule has 2 aromatic carbocycles. The molecule has 0 heterocycles. The molecule has 0 aromatic heterocycles. The van der Waals surface area contributed by atoms with Crippen molar-refractivity contribution in [2.24, 2.45) is 0 Å². The van der Waals surface area contributed by atoms with Crippen LogP contribution in [0.2, 0.25) is 0 Å². The van der Waals surface area contributed by atoms with Gasteiger partial charge in [0.2, 0.25) is 0 Å². The topological polar surface area (TPSA) is 88.1 Å². The van der Waals surface area contributed by atoms with Gasteiger partial charge in [-0.1, -0.05) is 12.1 Å². The van der Waals surface area contributed by atoms with Crippen molar-refractivity contribution in [1.29, 1.82) is 5.26 Å². The number of nitrogens with zero attached hydrogens (tertiary/aromatic N) is 1. The van der Waals surface area contributed by atoms with Crippen molar-refractivity contribution < 1.29 is 9.53 Å². The van der Waals surface area contributed by atoms with Crippen molar-refractivity contribution in [2.45, 2.75) is 6.42 Å². The highest BCUT2D eigenvalue weighted by molar-refractivity contribution is 5.95. The van der Waals surface area contributed by atoms with Crippen molar-refractivity contribution in [3.63, 3.8) is 0 Å². The van der Waals surface area contributed by atoms with E-state index < -0.39 is 0 Å². The third-order valence-corrected chi connectivity index (χ3v) is 2.94. The lowest BCUT2D eigenvalue weighted by molar-refractivity contribution is 0.0963. The summed E-state index contributed by atoms with van der Waals surface area (Å²) >= 11 is 0. The predicted octanol–water partition coefficient (Wildman–Crippen LogP) is 2.49. The zero-order chi connectivity index (χ0) is 15.2. The first kappa shape index (κ1) is 14.4. The lowest BCUT2D eigenvalue weighted by Gasteiger charge is -2.10. The summed E-state index contributed by atoms with van der Waals surface area (Å²) in [5.41, 5.74) is 7.69. The van der Waals surface area contributed by atoms with Crippen LogP contribution in [0, 0.1) is 11.3 Å². The van der Waals surface area contributed by atoms with E-state index in [9.17, 15) is 4.79 Å². The minimum Gasteiger partial charge on any atom is -0.455 e. The van der Waals surface area contributed by atoms with Crippen LogP contribution in [-0.4, -0.2) is 13.0 Å². The number of nitrogens with one attached hydrogen (secondary N) is 1. The van der Waals surface area contributed by atoms with E-state index in [1.165, 1.54) is 0 Å². The van der Waals surface area contributed by atoms with Gasteiger partial charge in [0.15, 0.2) is 5.75 Å². The van der Waals surface area contributed by atoms with Crippen molar-refractivity contribution in [3.05, 3.63) is 53.6 Å². The molecule has 0 radical (unpaired) electrons. The van der Waals surface area contributed by atoms with Gasteiger partial charge in [0, 0.05) is 12.6 Å². The first-order valence-electron chi connectivity index (χ1n) is 6.39. The Morgan fingerprint density at radius 3 is 2.62 bits per heavy atom. The molecule has 0 bridgehead atoms. The maximum absolute atomic E-state index is 11.6. The van der Waals surface area contributed by atoms with Crippen LogP contribution >= 0.6 is 0 Å². The molecule has 2 aromatic rings. The molecule has 0 aliphatic carbocycles. The molecule has 0 unspecified atom stereocenters. The molecule has 0 aliphatic rings. The molecule has 0 fully saturated rings. The summed E-state index contributed by atoms with van der Waals surface area (Å²) in [4.78, 5) is 11.6. The fraction of sp³-hybridized carbons (Fsp3) is 0.125. The number of benzene rings is 2. The maximum atomic E-state index is 11.6. The molecule has 5 heteroatoms. The number of carbonyl (C=O) groups is 1. The van der Waals surface area contributed by atoms with Crippen LogP contribution in [-0.2, 0) is 6.42 Å². The van der Waals surface area contributed by atoms with Gasteiger partial charge < -0.3 is 15.8 Å². The number of nitriles is 1. The Kier molecular flexibility index (Phi) is 4.42. The molecule has 1 amide bonds. The van der Waals surface area contributed by atoms with Gasteiger partial charge in [-0.3, -0.25) is 4.79 Å². The van der Waals surface area contributed by atoms with Gasteiger partial charge in [-0.2, -0.15) is 5.26 Å². The van der Waals surface area contributed by atoms with Gasteiger partial charge in [0.1, 0.15) is 5.75 Å². The second-order valence-electron chi connectivity index (χ2n) is 4.41. The van der Waals surface area contributed by atoms with E-state index in [4.69, 9.17) is 15.7 Å².